The number of hydrogen-bond acceptors (Lipinski definition) is 4. The number of alkyl halides is 2. The van der Waals surface area contributed by atoms with Crippen molar-refractivity contribution in [2.24, 2.45) is 0 Å². The van der Waals surface area contributed by atoms with Gasteiger partial charge in [0.05, 0.1) is 31.4 Å². The van der Waals surface area contributed by atoms with Crippen molar-refractivity contribution in [1.82, 2.24) is 14.5 Å². The predicted molar refractivity (Wildman–Crippen MR) is 138 cm³/mol. The minimum absolute atomic E-state index is 0.00869. The van der Waals surface area contributed by atoms with Crippen molar-refractivity contribution in [2.75, 3.05) is 0 Å². The highest BCUT2D eigenvalue weighted by Gasteiger charge is 2.50. The van der Waals surface area contributed by atoms with E-state index in [1.807, 2.05) is 0 Å². The van der Waals surface area contributed by atoms with Crippen LogP contribution in [0.25, 0.3) is 0 Å². The summed E-state index contributed by atoms with van der Waals surface area (Å²) in [5.74, 6) is -8.47. The van der Waals surface area contributed by atoms with Crippen molar-refractivity contribution in [1.29, 1.82) is 0 Å². The molecule has 178 valence electrons. The highest BCUT2D eigenvalue weighted by atomic mass is 35.5. The summed E-state index contributed by atoms with van der Waals surface area (Å²) < 4.78 is 29.8. The number of benzene rings is 2. The molecule has 1 atom stereocenters. The Hall–Kier alpha value is -2.94. The summed E-state index contributed by atoms with van der Waals surface area (Å²) in [7, 11) is 35.3. The lowest BCUT2D eigenvalue weighted by molar-refractivity contribution is -0.155. The van der Waals surface area contributed by atoms with Crippen LogP contribution in [0.5, 0.6) is 0 Å². The molecule has 0 saturated carbocycles. The Bertz CT molecular complexity index is 1360. The highest BCUT2D eigenvalue weighted by molar-refractivity contribution is 6.46. The largest absolute Gasteiger partial charge is 0.398 e. The van der Waals surface area contributed by atoms with Crippen LogP contribution in [-0.4, -0.2) is 91.5 Å². The first-order valence-electron chi connectivity index (χ1n) is 10.9. The Labute approximate surface area is 230 Å². The van der Waals surface area contributed by atoms with Gasteiger partial charge in [-0.05, 0) is 34.7 Å². The maximum atomic E-state index is 14.9. The van der Waals surface area contributed by atoms with Crippen LogP contribution in [0.4, 0.5) is 8.78 Å². The van der Waals surface area contributed by atoms with Gasteiger partial charge in [-0.15, -0.1) is 0 Å². The fourth-order valence-electron chi connectivity index (χ4n) is 4.39. The molecule has 7 nitrogen and oxygen atoms in total. The first-order valence-corrected chi connectivity index (χ1v) is 11.3. The summed E-state index contributed by atoms with van der Waals surface area (Å²) in [4.78, 5) is 51.7. The quantitative estimate of drug-likeness (QED) is 0.414. The smallest absolute Gasteiger partial charge is 0.348 e. The molecule has 2 aliphatic heterocycles. The predicted octanol–water partition coefficient (Wildman–Crippen LogP) is 0.111. The second kappa shape index (κ2) is 9.36. The van der Waals surface area contributed by atoms with E-state index in [1.165, 1.54) is 30.3 Å². The topological polar surface area (TPSA) is 78.0 Å². The molecular formula is C22H12B6ClF2N3O4. The van der Waals surface area contributed by atoms with E-state index in [2.05, 4.69) is 0 Å². The molecule has 2 aliphatic rings. The van der Waals surface area contributed by atoms with Gasteiger partial charge in [0.25, 0.3) is 11.8 Å². The average molecular weight is 521 g/mol. The molecule has 0 spiro atoms. The molecule has 2 heterocycles. The third-order valence-electron chi connectivity index (χ3n) is 6.51. The van der Waals surface area contributed by atoms with E-state index in [9.17, 15) is 28.0 Å². The van der Waals surface area contributed by atoms with Crippen LogP contribution in [0.1, 0.15) is 33.5 Å². The number of carbonyl (C=O) groups is 4. The van der Waals surface area contributed by atoms with Crippen LogP contribution in [0.3, 0.4) is 0 Å². The Morgan fingerprint density at radius 3 is 2.24 bits per heavy atom. The number of piperidine rings is 1. The van der Waals surface area contributed by atoms with Gasteiger partial charge in [-0.2, -0.15) is 8.78 Å². The maximum absolute atomic E-state index is 14.9. The summed E-state index contributed by atoms with van der Waals surface area (Å²) in [6.45, 7) is -0.244. The highest BCUT2D eigenvalue weighted by Crippen LogP contribution is 2.41. The molecule has 4 amide bonds. The van der Waals surface area contributed by atoms with Crippen molar-refractivity contribution >= 4 is 82.6 Å². The van der Waals surface area contributed by atoms with Crippen LogP contribution in [-0.2, 0) is 32.2 Å². The maximum Gasteiger partial charge on any atom is 0.348 e. The van der Waals surface area contributed by atoms with Crippen LogP contribution < -0.4 is 0 Å². The summed E-state index contributed by atoms with van der Waals surface area (Å²) >= 11 is 5.72. The number of nitrogens with zero attached hydrogens (tertiary/aromatic N) is 3. The Kier molecular flexibility index (Phi) is 6.92. The molecule has 0 aliphatic carbocycles. The fraction of sp³-hybridized carbons (Fsp3) is 0.273. The molecule has 0 N–H and O–H groups in total. The number of fused-ring (bicyclic) bond motifs is 1. The molecule has 2 aromatic rings. The van der Waals surface area contributed by atoms with E-state index in [1.54, 1.807) is 0 Å². The van der Waals surface area contributed by atoms with E-state index in [-0.39, 0.29) is 33.1 Å². The third-order valence-corrected chi connectivity index (χ3v) is 6.76. The summed E-state index contributed by atoms with van der Waals surface area (Å²) in [5.41, 5.74) is -0.451. The van der Waals surface area contributed by atoms with Crippen molar-refractivity contribution in [2.45, 2.75) is 35.5 Å². The van der Waals surface area contributed by atoms with Gasteiger partial charge in [0.1, 0.15) is 6.04 Å². The molecule has 4 rings (SSSR count). The fourth-order valence-corrected chi connectivity index (χ4v) is 4.52. The number of amides is 4. The van der Waals surface area contributed by atoms with Crippen LogP contribution in [0.2, 0.25) is 10.2 Å². The van der Waals surface area contributed by atoms with Crippen molar-refractivity contribution in [3.05, 3.63) is 69.7 Å². The first-order chi connectivity index (χ1) is 17.5. The van der Waals surface area contributed by atoms with Crippen LogP contribution in [0, 0.1) is 0 Å². The molecule has 0 aromatic heterocycles. The van der Waals surface area contributed by atoms with Gasteiger partial charge in [0.2, 0.25) is 27.8 Å². The van der Waals surface area contributed by atoms with E-state index in [0.29, 0.717) is 4.81 Å². The number of rotatable bonds is 5. The second-order valence-corrected chi connectivity index (χ2v) is 9.62. The molecule has 16 heteroatoms. The Morgan fingerprint density at radius 2 is 1.63 bits per heavy atom. The van der Waals surface area contributed by atoms with E-state index >= 15 is 0 Å². The number of carbonyl (C=O) groups excluding carboxylic acids is 4. The lowest BCUT2D eigenvalue weighted by atomic mass is 9.47. The average Bonchev–Trinajstić information content (AvgIpc) is 3.16. The minimum Gasteiger partial charge on any atom is -0.398 e. The molecule has 0 bridgehead atoms. The minimum atomic E-state index is -4.11. The van der Waals surface area contributed by atoms with E-state index in [4.69, 9.17) is 58.9 Å². The molecule has 12 radical (unpaired) electrons. The zero-order chi connectivity index (χ0) is 28.4. The molecule has 1 fully saturated rings. The second-order valence-electron chi connectivity index (χ2n) is 9.18. The van der Waals surface area contributed by atoms with Gasteiger partial charge in [0, 0.05) is 29.1 Å². The number of halogens is 3. The van der Waals surface area contributed by atoms with Gasteiger partial charge in [0.15, 0.2) is 0 Å². The lowest BCUT2D eigenvalue weighted by Crippen LogP contribution is -2.60. The summed E-state index contributed by atoms with van der Waals surface area (Å²) in [6.07, 6.45) is -0.508. The van der Waals surface area contributed by atoms with E-state index < -0.39 is 58.1 Å². The SMILES string of the molecule is [B]N1C(=O)CC([B])([B])C(N2Cc3cc(C([B])([B])N([B])C(=O)C(F)(F)c4ccc(Cl)cc4)ccc3C2=O)C1=O. The zero-order valence-corrected chi connectivity index (χ0v) is 20.4. The Morgan fingerprint density at radius 1 is 1.05 bits per heavy atom. The normalized spacial score (nSPS) is 19.4. The van der Waals surface area contributed by atoms with Crippen molar-refractivity contribution in [3.8, 4) is 0 Å². The van der Waals surface area contributed by atoms with Crippen LogP contribution >= 0.6 is 11.6 Å². The zero-order valence-electron chi connectivity index (χ0n) is 19.6. The van der Waals surface area contributed by atoms with Gasteiger partial charge >= 0.3 is 5.92 Å². The first kappa shape index (κ1) is 28.1. The van der Waals surface area contributed by atoms with Crippen molar-refractivity contribution < 1.29 is 28.0 Å². The lowest BCUT2D eigenvalue weighted by Gasteiger charge is -2.45. The standard InChI is InChI=1S/C22H12B6ClF2N3O4/c23-20(24)8-15(35)33(27)18(37)16(20)32-9-10-7-12(3-6-14(10)17(32)36)22(25,26)34(28)19(38)21(30,31)11-1-4-13(29)5-2-11/h1-7,16H,8-9H2. The van der Waals surface area contributed by atoms with Gasteiger partial charge in [-0.25, -0.2) is 0 Å². The third kappa shape index (κ3) is 4.48. The summed E-state index contributed by atoms with van der Waals surface area (Å²) in [6, 6.07) is 6.53. The van der Waals surface area contributed by atoms with Gasteiger partial charge in [-0.3, -0.25) is 19.2 Å². The van der Waals surface area contributed by atoms with Gasteiger partial charge in [-0.1, -0.05) is 41.1 Å². The molecule has 2 aromatic carbocycles. The molecular weight excluding hydrogens is 509 g/mol. The molecule has 1 unspecified atom stereocenters. The van der Waals surface area contributed by atoms with Gasteiger partial charge < -0.3 is 14.5 Å². The monoisotopic (exact) mass is 521 g/mol. The summed E-state index contributed by atoms with van der Waals surface area (Å²) in [5, 5.41) is -4.19. The number of hydrogen-bond donors (Lipinski definition) is 0. The van der Waals surface area contributed by atoms with E-state index in [0.717, 1.165) is 17.0 Å². The van der Waals surface area contributed by atoms with Crippen LogP contribution in [0.15, 0.2) is 42.5 Å². The molecule has 38 heavy (non-hydrogen) atoms. The number of imide groups is 1. The van der Waals surface area contributed by atoms with Crippen molar-refractivity contribution in [3.63, 3.8) is 0 Å². The Balaban J connectivity index is 1.62. The molecule has 1 saturated heterocycles.